The van der Waals surface area contributed by atoms with Crippen LogP contribution in [0, 0.1) is 0 Å². The van der Waals surface area contributed by atoms with Crippen LogP contribution < -0.4 is 0 Å². The second-order valence-corrected chi connectivity index (χ2v) is 9.36. The van der Waals surface area contributed by atoms with Gasteiger partial charge in [-0.15, -0.1) is 0 Å². The number of hydrogen-bond acceptors (Lipinski definition) is 2. The molecule has 0 aliphatic rings. The summed E-state index contributed by atoms with van der Waals surface area (Å²) in [6.07, 6.45) is 3.78. The van der Waals surface area contributed by atoms with Gasteiger partial charge in [-0.1, -0.05) is 79.2 Å². The first kappa shape index (κ1) is 23.9. The molecule has 2 nitrogen and oxygen atoms in total. The molecule has 1 unspecified atom stereocenters. The lowest BCUT2D eigenvalue weighted by molar-refractivity contribution is 0.112. The van der Waals surface area contributed by atoms with Crippen molar-refractivity contribution in [2.75, 3.05) is 19.6 Å². The lowest BCUT2D eigenvalue weighted by Gasteiger charge is -2.26. The SMILES string of the molecule is CCCCN(CCCC)CC(O)c1cc2c(Cl)c(Cl)ccc2c2cc(Cl)c(Cl)cc12. The molecule has 30 heavy (non-hydrogen) atoms. The van der Waals surface area contributed by atoms with Crippen molar-refractivity contribution >= 4 is 67.9 Å². The first-order valence-corrected chi connectivity index (χ1v) is 12.0. The van der Waals surface area contributed by atoms with Gasteiger partial charge in [-0.2, -0.15) is 0 Å². The highest BCUT2D eigenvalue weighted by Crippen LogP contribution is 2.41. The lowest BCUT2D eigenvalue weighted by Crippen LogP contribution is -2.30. The molecule has 0 aromatic heterocycles. The molecule has 0 aliphatic carbocycles. The molecule has 3 aromatic rings. The zero-order valence-corrected chi connectivity index (χ0v) is 20.3. The van der Waals surface area contributed by atoms with Gasteiger partial charge in [-0.25, -0.2) is 0 Å². The number of benzene rings is 3. The summed E-state index contributed by atoms with van der Waals surface area (Å²) >= 11 is 25.5. The minimum absolute atomic E-state index is 0.464. The summed E-state index contributed by atoms with van der Waals surface area (Å²) < 4.78 is 0. The van der Waals surface area contributed by atoms with Gasteiger partial charge in [0.15, 0.2) is 0 Å². The molecule has 0 bridgehead atoms. The Bertz CT molecular complexity index is 1030. The van der Waals surface area contributed by atoms with Gasteiger partial charge >= 0.3 is 0 Å². The molecule has 0 aliphatic heterocycles. The van der Waals surface area contributed by atoms with Gasteiger partial charge < -0.3 is 10.0 Å². The molecule has 3 rings (SSSR count). The van der Waals surface area contributed by atoms with E-state index in [2.05, 4.69) is 18.7 Å². The van der Waals surface area contributed by atoms with E-state index >= 15 is 0 Å². The Morgan fingerprint density at radius 2 is 1.37 bits per heavy atom. The maximum absolute atomic E-state index is 11.3. The monoisotopic (exact) mass is 485 g/mol. The average molecular weight is 487 g/mol. The number of nitrogens with zero attached hydrogens (tertiary/aromatic N) is 1. The number of aliphatic hydroxyl groups excluding tert-OH is 1. The van der Waals surface area contributed by atoms with Crippen LogP contribution >= 0.6 is 46.4 Å². The molecular weight excluding hydrogens is 460 g/mol. The largest absolute Gasteiger partial charge is 0.387 e. The van der Waals surface area contributed by atoms with Gasteiger partial charge in [0.2, 0.25) is 0 Å². The molecule has 3 aromatic carbocycles. The number of halogens is 4. The van der Waals surface area contributed by atoms with Crippen molar-refractivity contribution < 1.29 is 5.11 Å². The Kier molecular flexibility index (Phi) is 8.55. The lowest BCUT2D eigenvalue weighted by atomic mass is 9.94. The van der Waals surface area contributed by atoms with Gasteiger partial charge in [0.25, 0.3) is 0 Å². The molecule has 0 saturated heterocycles. The number of fused-ring (bicyclic) bond motifs is 3. The Hall–Kier alpha value is -0.740. The van der Waals surface area contributed by atoms with Crippen LogP contribution in [0.25, 0.3) is 21.5 Å². The van der Waals surface area contributed by atoms with Crippen LogP contribution in [-0.2, 0) is 0 Å². The molecule has 1 N–H and O–H groups in total. The number of unbranched alkanes of at least 4 members (excludes halogenated alkanes) is 2. The summed E-state index contributed by atoms with van der Waals surface area (Å²) in [4.78, 5) is 2.34. The normalized spacial score (nSPS) is 12.9. The zero-order chi connectivity index (χ0) is 21.8. The summed E-state index contributed by atoms with van der Waals surface area (Å²) in [6, 6.07) is 9.33. The van der Waals surface area contributed by atoms with Crippen molar-refractivity contribution in [3.8, 4) is 0 Å². The van der Waals surface area contributed by atoms with Gasteiger partial charge in [-0.3, -0.25) is 0 Å². The third-order valence-electron chi connectivity index (χ3n) is 5.54. The number of rotatable bonds is 9. The first-order valence-electron chi connectivity index (χ1n) is 10.5. The molecule has 6 heteroatoms. The fourth-order valence-electron chi connectivity index (χ4n) is 3.86. The van der Waals surface area contributed by atoms with Crippen molar-refractivity contribution in [3.05, 3.63) is 56.0 Å². The van der Waals surface area contributed by atoms with E-state index in [9.17, 15) is 5.11 Å². The van der Waals surface area contributed by atoms with E-state index in [0.29, 0.717) is 26.6 Å². The standard InChI is InChI=1S/C24H27Cl4NO/c1-3-5-9-29(10-6-4-2)14-23(30)18-11-19-15(7-8-20(25)24(19)28)16-12-21(26)22(27)13-17(16)18/h7-8,11-13,23,30H,3-6,9-10,14H2,1-2H3. The predicted octanol–water partition coefficient (Wildman–Crippen LogP) is 8.54. The maximum atomic E-state index is 11.3. The highest BCUT2D eigenvalue weighted by Gasteiger charge is 2.20. The number of aliphatic hydroxyl groups is 1. The van der Waals surface area contributed by atoms with Crippen molar-refractivity contribution in [2.24, 2.45) is 0 Å². The van der Waals surface area contributed by atoms with Crippen molar-refractivity contribution in [2.45, 2.75) is 45.6 Å². The fourth-order valence-corrected chi connectivity index (χ4v) is 4.57. The molecular formula is C24H27Cl4NO. The smallest absolute Gasteiger partial charge is 0.0923 e. The summed E-state index contributed by atoms with van der Waals surface area (Å²) in [6.45, 7) is 6.86. The van der Waals surface area contributed by atoms with E-state index in [1.807, 2.05) is 24.3 Å². The van der Waals surface area contributed by atoms with Crippen LogP contribution in [0.3, 0.4) is 0 Å². The number of hydrogen-bond donors (Lipinski definition) is 1. The van der Waals surface area contributed by atoms with Crippen molar-refractivity contribution in [1.82, 2.24) is 4.90 Å². The maximum Gasteiger partial charge on any atom is 0.0923 e. The molecule has 0 radical (unpaired) electrons. The van der Waals surface area contributed by atoms with Crippen LogP contribution in [-0.4, -0.2) is 29.6 Å². The van der Waals surface area contributed by atoms with Crippen LogP contribution in [0.4, 0.5) is 0 Å². The van der Waals surface area contributed by atoms with Gasteiger partial charge in [0.05, 0.1) is 26.2 Å². The summed E-state index contributed by atoms with van der Waals surface area (Å²) in [5.74, 6) is 0. The topological polar surface area (TPSA) is 23.5 Å². The average Bonchev–Trinajstić information content (AvgIpc) is 2.73. The van der Waals surface area contributed by atoms with E-state index in [-0.39, 0.29) is 0 Å². The van der Waals surface area contributed by atoms with Gasteiger partial charge in [-0.05, 0) is 71.9 Å². The molecule has 162 valence electrons. The zero-order valence-electron chi connectivity index (χ0n) is 17.3. The molecule has 0 saturated carbocycles. The summed E-state index contributed by atoms with van der Waals surface area (Å²) in [5.41, 5.74) is 0.790. The minimum atomic E-state index is -0.682. The third-order valence-corrected chi connectivity index (χ3v) is 7.08. The van der Waals surface area contributed by atoms with Crippen molar-refractivity contribution in [3.63, 3.8) is 0 Å². The molecule has 0 amide bonds. The Balaban J connectivity index is 2.12. The van der Waals surface area contributed by atoms with Crippen molar-refractivity contribution in [1.29, 1.82) is 0 Å². The van der Waals surface area contributed by atoms with E-state index < -0.39 is 6.10 Å². The van der Waals surface area contributed by atoms with E-state index in [1.165, 1.54) is 0 Å². The van der Waals surface area contributed by atoms with E-state index in [1.54, 1.807) is 6.07 Å². The highest BCUT2D eigenvalue weighted by molar-refractivity contribution is 6.46. The second kappa shape index (κ2) is 10.7. The van der Waals surface area contributed by atoms with Gasteiger partial charge in [0.1, 0.15) is 0 Å². The van der Waals surface area contributed by atoms with Crippen LogP contribution in [0.5, 0.6) is 0 Å². The van der Waals surface area contributed by atoms with Crippen LogP contribution in [0.1, 0.15) is 51.2 Å². The fraction of sp³-hybridized carbons (Fsp3) is 0.417. The third kappa shape index (κ3) is 5.18. The Morgan fingerprint density at radius 1 is 0.767 bits per heavy atom. The minimum Gasteiger partial charge on any atom is -0.387 e. The Morgan fingerprint density at radius 3 is 1.97 bits per heavy atom. The predicted molar refractivity (Wildman–Crippen MR) is 133 cm³/mol. The first-order chi connectivity index (χ1) is 14.4. The molecule has 0 fully saturated rings. The summed E-state index contributed by atoms with van der Waals surface area (Å²) in [7, 11) is 0. The second-order valence-electron chi connectivity index (χ2n) is 7.76. The van der Waals surface area contributed by atoms with E-state index in [4.69, 9.17) is 46.4 Å². The highest BCUT2D eigenvalue weighted by atomic mass is 35.5. The molecule has 0 spiro atoms. The Labute approximate surface area is 198 Å². The van der Waals surface area contributed by atoms with Crippen LogP contribution in [0.2, 0.25) is 20.1 Å². The molecule has 0 heterocycles. The van der Waals surface area contributed by atoms with Crippen LogP contribution in [0.15, 0.2) is 30.3 Å². The molecule has 1 atom stereocenters. The van der Waals surface area contributed by atoms with E-state index in [0.717, 1.165) is 65.9 Å². The summed E-state index contributed by atoms with van der Waals surface area (Å²) in [5, 5.41) is 16.7. The quantitative estimate of drug-likeness (QED) is 0.306. The van der Waals surface area contributed by atoms with Gasteiger partial charge in [0, 0.05) is 11.9 Å².